The van der Waals surface area contributed by atoms with Crippen molar-refractivity contribution in [2.45, 2.75) is 425 Å². The summed E-state index contributed by atoms with van der Waals surface area (Å²) >= 11 is 0. The van der Waals surface area contributed by atoms with E-state index in [9.17, 15) is 43.2 Å². The molecule has 0 rings (SSSR count). The first-order chi connectivity index (χ1) is 46.6. The minimum Gasteiger partial charge on any atom is -0.462 e. The Labute approximate surface area is 588 Å². The Morgan fingerprint density at radius 1 is 0.292 bits per heavy atom. The number of aliphatic hydroxyl groups excluding tert-OH is 1. The van der Waals surface area contributed by atoms with Gasteiger partial charge in [0.25, 0.3) is 0 Å². The number of hydrogen-bond acceptors (Lipinski definition) is 15. The molecule has 0 saturated carbocycles. The van der Waals surface area contributed by atoms with Crippen LogP contribution in [0.25, 0.3) is 0 Å². The number of unbranched alkanes of at least 4 members (excludes halogenated alkanes) is 48. The molecule has 0 aromatic heterocycles. The Morgan fingerprint density at radius 2 is 0.500 bits per heavy atom. The molecule has 0 radical (unpaired) electrons. The third-order valence-corrected chi connectivity index (χ3v) is 20.3. The van der Waals surface area contributed by atoms with Crippen molar-refractivity contribution in [1.29, 1.82) is 0 Å². The molecule has 0 bridgehead atoms. The lowest BCUT2D eigenvalue weighted by Gasteiger charge is -2.21. The smallest absolute Gasteiger partial charge is 0.462 e. The second kappa shape index (κ2) is 70.1. The van der Waals surface area contributed by atoms with Crippen molar-refractivity contribution in [3.63, 3.8) is 0 Å². The van der Waals surface area contributed by atoms with Gasteiger partial charge in [0.2, 0.25) is 0 Å². The fourth-order valence-corrected chi connectivity index (χ4v) is 13.4. The average molecular weight is 1410 g/mol. The van der Waals surface area contributed by atoms with Gasteiger partial charge in [-0.2, -0.15) is 0 Å². The molecule has 19 heteroatoms. The summed E-state index contributed by atoms with van der Waals surface area (Å²) in [7, 11) is -9.91. The molecule has 0 aliphatic heterocycles. The van der Waals surface area contributed by atoms with E-state index >= 15 is 0 Å². The largest absolute Gasteiger partial charge is 0.472 e. The first-order valence-electron chi connectivity index (χ1n) is 40.2. The summed E-state index contributed by atoms with van der Waals surface area (Å²) in [6, 6.07) is 0. The minimum absolute atomic E-state index is 0.105. The Bertz CT molecular complexity index is 1840. The van der Waals surface area contributed by atoms with E-state index < -0.39 is 97.5 Å². The van der Waals surface area contributed by atoms with E-state index in [2.05, 4.69) is 34.6 Å². The summed E-state index contributed by atoms with van der Waals surface area (Å²) in [6.45, 7) is 7.27. The van der Waals surface area contributed by atoms with Gasteiger partial charge < -0.3 is 33.8 Å². The predicted octanol–water partition coefficient (Wildman–Crippen LogP) is 22.9. The van der Waals surface area contributed by atoms with Crippen LogP contribution in [0.3, 0.4) is 0 Å². The Kier molecular flexibility index (Phi) is 68.7. The third-order valence-electron chi connectivity index (χ3n) is 18.4. The second-order valence-electron chi connectivity index (χ2n) is 28.0. The van der Waals surface area contributed by atoms with Gasteiger partial charge in [0.05, 0.1) is 26.4 Å². The van der Waals surface area contributed by atoms with Crippen LogP contribution in [-0.2, 0) is 65.4 Å². The standard InChI is InChI=1S/C77H150O17P2/c1-6-10-13-16-19-22-24-26-28-29-30-31-32-33-35-37-39-41-47-52-57-62-76(81)93-73(67-88-75(80)61-56-51-46-40-38-36-34-27-25-23-20-17-14-11-7-2)69-92-96(85,86)90-65-71(78)64-89-95(83,84)91-68-72(66-87-74(79)60-55-50-45-21-18-15-12-8-3)94-77(82)63-58-53-48-43-42-44-49-54-59-70(5)9-4/h70-73,78H,6-69H2,1-5H3,(H,83,84)(H,85,86)/t70?,71-,72+,73+/m0/s1. The van der Waals surface area contributed by atoms with Crippen molar-refractivity contribution in [1.82, 2.24) is 0 Å². The first-order valence-corrected chi connectivity index (χ1v) is 43.2. The number of rotatable bonds is 77. The summed E-state index contributed by atoms with van der Waals surface area (Å²) in [5, 5.41) is 10.6. The lowest BCUT2D eigenvalue weighted by atomic mass is 9.99. The monoisotopic (exact) mass is 1410 g/mol. The van der Waals surface area contributed by atoms with E-state index in [0.717, 1.165) is 102 Å². The van der Waals surface area contributed by atoms with Crippen LogP contribution in [0.5, 0.6) is 0 Å². The Hall–Kier alpha value is -1.94. The molecule has 0 aliphatic carbocycles. The molecule has 0 heterocycles. The fraction of sp³-hybridized carbons (Fsp3) is 0.948. The molecule has 96 heavy (non-hydrogen) atoms. The van der Waals surface area contributed by atoms with Crippen LogP contribution in [0.1, 0.15) is 407 Å². The van der Waals surface area contributed by atoms with Crippen molar-refractivity contribution < 1.29 is 80.2 Å². The van der Waals surface area contributed by atoms with E-state index in [-0.39, 0.29) is 25.7 Å². The van der Waals surface area contributed by atoms with Crippen molar-refractivity contribution in [2.24, 2.45) is 5.92 Å². The average Bonchev–Trinajstić information content (AvgIpc) is 1.22. The molecule has 17 nitrogen and oxygen atoms in total. The van der Waals surface area contributed by atoms with Crippen LogP contribution in [0.2, 0.25) is 0 Å². The van der Waals surface area contributed by atoms with E-state index in [4.69, 9.17) is 37.0 Å². The van der Waals surface area contributed by atoms with Crippen molar-refractivity contribution in [3.8, 4) is 0 Å². The molecule has 6 atom stereocenters. The number of ether oxygens (including phenoxy) is 4. The van der Waals surface area contributed by atoms with E-state index in [1.54, 1.807) is 0 Å². The highest BCUT2D eigenvalue weighted by Gasteiger charge is 2.30. The summed E-state index contributed by atoms with van der Waals surface area (Å²) in [5.74, 6) is -1.35. The molecule has 3 N–H and O–H groups in total. The summed E-state index contributed by atoms with van der Waals surface area (Å²) in [5.41, 5.74) is 0. The maximum atomic E-state index is 13.1. The lowest BCUT2D eigenvalue weighted by molar-refractivity contribution is -0.161. The second-order valence-corrected chi connectivity index (χ2v) is 30.9. The number of aliphatic hydroxyl groups is 1. The van der Waals surface area contributed by atoms with Crippen LogP contribution in [-0.4, -0.2) is 96.7 Å². The van der Waals surface area contributed by atoms with Crippen LogP contribution in [0.15, 0.2) is 0 Å². The van der Waals surface area contributed by atoms with E-state index in [0.29, 0.717) is 25.7 Å². The number of phosphoric acid groups is 2. The van der Waals surface area contributed by atoms with Gasteiger partial charge in [0.1, 0.15) is 19.3 Å². The van der Waals surface area contributed by atoms with Gasteiger partial charge in [0, 0.05) is 25.7 Å². The maximum Gasteiger partial charge on any atom is 0.472 e. The number of hydrogen-bond donors (Lipinski definition) is 3. The molecule has 0 saturated heterocycles. The zero-order valence-corrected chi connectivity index (χ0v) is 64.3. The molecular formula is C77H150O17P2. The van der Waals surface area contributed by atoms with Gasteiger partial charge in [0.15, 0.2) is 12.2 Å². The van der Waals surface area contributed by atoms with Gasteiger partial charge in [-0.05, 0) is 31.6 Å². The summed E-state index contributed by atoms with van der Waals surface area (Å²) in [6.07, 6.45) is 59.8. The van der Waals surface area contributed by atoms with Gasteiger partial charge in [-0.25, -0.2) is 9.13 Å². The van der Waals surface area contributed by atoms with Crippen LogP contribution < -0.4 is 0 Å². The SMILES string of the molecule is CCCCCCCCCCCCCCCCCCCCCCCC(=O)O[C@H](COC(=O)CCCCCCCCCCCCCCCCC)COP(=O)(O)OC[C@@H](O)COP(=O)(O)OC[C@@H](COC(=O)CCCCCCCCCC)OC(=O)CCCCCCCCCCC(C)CC. The molecular weight excluding hydrogens is 1260 g/mol. The molecule has 0 aromatic rings. The normalized spacial score (nSPS) is 14.2. The van der Waals surface area contributed by atoms with Gasteiger partial charge in [-0.3, -0.25) is 37.3 Å². The molecule has 570 valence electrons. The molecule has 0 aromatic carbocycles. The number of carbonyl (C=O) groups excluding carboxylic acids is 4. The predicted molar refractivity (Wildman–Crippen MR) is 391 cm³/mol. The minimum atomic E-state index is -4.96. The van der Waals surface area contributed by atoms with E-state index in [1.165, 1.54) is 225 Å². The molecule has 0 spiro atoms. The quantitative estimate of drug-likeness (QED) is 0.0222. The van der Waals surface area contributed by atoms with Crippen LogP contribution in [0.4, 0.5) is 0 Å². The third kappa shape index (κ3) is 69.2. The Balaban J connectivity index is 5.18. The highest BCUT2D eigenvalue weighted by atomic mass is 31.2. The summed E-state index contributed by atoms with van der Waals surface area (Å²) in [4.78, 5) is 72.7. The number of carbonyl (C=O) groups is 4. The van der Waals surface area contributed by atoms with Crippen molar-refractivity contribution in [2.75, 3.05) is 39.6 Å². The maximum absolute atomic E-state index is 13.1. The van der Waals surface area contributed by atoms with E-state index in [1.807, 2.05) is 0 Å². The highest BCUT2D eigenvalue weighted by Crippen LogP contribution is 2.45. The van der Waals surface area contributed by atoms with Gasteiger partial charge in [-0.15, -0.1) is 0 Å². The number of phosphoric ester groups is 2. The zero-order chi connectivity index (χ0) is 70.5. The number of esters is 4. The lowest BCUT2D eigenvalue weighted by Crippen LogP contribution is -2.30. The van der Waals surface area contributed by atoms with Gasteiger partial charge in [-0.1, -0.05) is 356 Å². The first kappa shape index (κ1) is 94.1. The zero-order valence-electron chi connectivity index (χ0n) is 62.5. The van der Waals surface area contributed by atoms with Crippen LogP contribution >= 0.6 is 15.6 Å². The highest BCUT2D eigenvalue weighted by molar-refractivity contribution is 7.47. The molecule has 3 unspecified atom stereocenters. The van der Waals surface area contributed by atoms with Crippen molar-refractivity contribution in [3.05, 3.63) is 0 Å². The Morgan fingerprint density at radius 3 is 0.740 bits per heavy atom. The molecule has 0 fully saturated rings. The van der Waals surface area contributed by atoms with Crippen molar-refractivity contribution >= 4 is 39.5 Å². The molecule has 0 aliphatic rings. The van der Waals surface area contributed by atoms with Crippen LogP contribution in [0, 0.1) is 5.92 Å². The summed E-state index contributed by atoms with van der Waals surface area (Å²) < 4.78 is 68.5. The topological polar surface area (TPSA) is 237 Å². The molecule has 0 amide bonds. The van der Waals surface area contributed by atoms with Gasteiger partial charge >= 0.3 is 39.5 Å². The fourth-order valence-electron chi connectivity index (χ4n) is 11.8.